The van der Waals surface area contributed by atoms with E-state index in [9.17, 15) is 9.18 Å². The molecule has 0 fully saturated rings. The maximum absolute atomic E-state index is 13.6. The number of hydrogen-bond donors (Lipinski definition) is 0. The second kappa shape index (κ2) is 5.32. The molecular weight excluding hydrogens is 245 g/mol. The number of ether oxygens (including phenoxy) is 1. The number of nitrogens with zero attached hydrogens (tertiary/aromatic N) is 1. The molecule has 19 heavy (non-hydrogen) atoms. The van der Waals surface area contributed by atoms with Gasteiger partial charge in [0.15, 0.2) is 11.6 Å². The molecule has 0 aliphatic rings. The van der Waals surface area contributed by atoms with Gasteiger partial charge >= 0.3 is 0 Å². The van der Waals surface area contributed by atoms with E-state index >= 15 is 0 Å². The van der Waals surface area contributed by atoms with E-state index in [4.69, 9.17) is 10.00 Å². The minimum Gasteiger partial charge on any atom is -0.453 e. The number of rotatable bonds is 3. The number of aldehydes is 1. The number of aryl methyl sites for hydroxylation is 1. The van der Waals surface area contributed by atoms with Gasteiger partial charge in [0, 0.05) is 5.56 Å². The van der Waals surface area contributed by atoms with Crippen LogP contribution in [0.15, 0.2) is 36.4 Å². The van der Waals surface area contributed by atoms with Crippen molar-refractivity contribution in [3.63, 3.8) is 0 Å². The Morgan fingerprint density at radius 3 is 2.68 bits per heavy atom. The monoisotopic (exact) mass is 255 g/mol. The quantitative estimate of drug-likeness (QED) is 0.787. The maximum atomic E-state index is 13.6. The summed E-state index contributed by atoms with van der Waals surface area (Å²) in [5, 5.41) is 9.00. The van der Waals surface area contributed by atoms with Crippen molar-refractivity contribution in [2.75, 3.05) is 0 Å². The summed E-state index contributed by atoms with van der Waals surface area (Å²) in [6.45, 7) is 1.81. The third-order valence-corrected chi connectivity index (χ3v) is 2.57. The second-order valence-corrected chi connectivity index (χ2v) is 4.02. The first-order valence-corrected chi connectivity index (χ1v) is 5.57. The minimum atomic E-state index is -0.506. The molecule has 0 aliphatic carbocycles. The molecular formula is C15H10FNO2. The summed E-state index contributed by atoms with van der Waals surface area (Å²) in [4.78, 5) is 10.6. The van der Waals surface area contributed by atoms with Gasteiger partial charge in [0.2, 0.25) is 0 Å². The van der Waals surface area contributed by atoms with Gasteiger partial charge in [-0.2, -0.15) is 5.26 Å². The number of benzene rings is 2. The van der Waals surface area contributed by atoms with Crippen LogP contribution < -0.4 is 4.74 Å². The topological polar surface area (TPSA) is 50.1 Å². The van der Waals surface area contributed by atoms with Gasteiger partial charge in [-0.3, -0.25) is 4.79 Å². The summed E-state index contributed by atoms with van der Waals surface area (Å²) in [6, 6.07) is 10.8. The van der Waals surface area contributed by atoms with Crippen LogP contribution in [0.25, 0.3) is 0 Å². The van der Waals surface area contributed by atoms with E-state index in [2.05, 4.69) is 0 Å². The second-order valence-electron chi connectivity index (χ2n) is 4.02. The number of carbonyl (C=O) groups excluding carboxylic acids is 1. The number of halogens is 1. The molecule has 0 bridgehead atoms. The van der Waals surface area contributed by atoms with E-state index in [-0.39, 0.29) is 17.1 Å². The van der Waals surface area contributed by atoms with Gasteiger partial charge in [-0.05, 0) is 42.8 Å². The Morgan fingerprint density at radius 2 is 2.00 bits per heavy atom. The van der Waals surface area contributed by atoms with Crippen LogP contribution in [0.5, 0.6) is 11.5 Å². The van der Waals surface area contributed by atoms with E-state index in [1.807, 2.05) is 13.0 Å². The van der Waals surface area contributed by atoms with Gasteiger partial charge in [-0.1, -0.05) is 6.07 Å². The van der Waals surface area contributed by atoms with Gasteiger partial charge < -0.3 is 4.74 Å². The first-order valence-electron chi connectivity index (χ1n) is 5.57. The average molecular weight is 255 g/mol. The molecule has 0 spiro atoms. The van der Waals surface area contributed by atoms with Crippen LogP contribution in [0.4, 0.5) is 4.39 Å². The lowest BCUT2D eigenvalue weighted by atomic mass is 10.1. The summed E-state index contributed by atoms with van der Waals surface area (Å²) < 4.78 is 19.0. The first-order chi connectivity index (χ1) is 9.13. The van der Waals surface area contributed by atoms with E-state index in [1.54, 1.807) is 12.1 Å². The SMILES string of the molecule is Cc1ccc(F)c(Oc2ccc(C=O)cc2C#N)c1. The van der Waals surface area contributed by atoms with Crippen molar-refractivity contribution in [3.8, 4) is 17.6 Å². The Morgan fingerprint density at radius 1 is 1.21 bits per heavy atom. The minimum absolute atomic E-state index is 0.0513. The van der Waals surface area contributed by atoms with E-state index in [1.165, 1.54) is 24.3 Å². The fraction of sp³-hybridized carbons (Fsp3) is 0.0667. The van der Waals surface area contributed by atoms with Crippen LogP contribution in [0, 0.1) is 24.1 Å². The predicted octanol–water partition coefficient (Wildman–Crippen LogP) is 3.61. The fourth-order valence-electron chi connectivity index (χ4n) is 1.60. The summed E-state index contributed by atoms with van der Waals surface area (Å²) in [6.07, 6.45) is 0.637. The highest BCUT2D eigenvalue weighted by molar-refractivity contribution is 5.76. The Labute approximate surface area is 109 Å². The molecule has 0 aliphatic heterocycles. The van der Waals surface area contributed by atoms with Crippen molar-refractivity contribution < 1.29 is 13.9 Å². The molecule has 0 heterocycles. The third-order valence-electron chi connectivity index (χ3n) is 2.57. The van der Waals surface area contributed by atoms with Crippen molar-refractivity contribution in [3.05, 3.63) is 58.9 Å². The first kappa shape index (κ1) is 12.8. The molecule has 3 nitrogen and oxygen atoms in total. The fourth-order valence-corrected chi connectivity index (χ4v) is 1.60. The van der Waals surface area contributed by atoms with Gasteiger partial charge in [-0.25, -0.2) is 4.39 Å². The average Bonchev–Trinajstić information content (AvgIpc) is 2.43. The molecule has 2 aromatic carbocycles. The maximum Gasteiger partial charge on any atom is 0.165 e. The summed E-state index contributed by atoms with van der Waals surface area (Å²) in [7, 11) is 0. The highest BCUT2D eigenvalue weighted by Crippen LogP contribution is 2.28. The van der Waals surface area contributed by atoms with Gasteiger partial charge in [-0.15, -0.1) is 0 Å². The molecule has 2 rings (SSSR count). The highest BCUT2D eigenvalue weighted by atomic mass is 19.1. The predicted molar refractivity (Wildman–Crippen MR) is 67.8 cm³/mol. The van der Waals surface area contributed by atoms with Crippen molar-refractivity contribution in [1.82, 2.24) is 0 Å². The van der Waals surface area contributed by atoms with Crippen LogP contribution in [0.2, 0.25) is 0 Å². The summed E-state index contributed by atoms with van der Waals surface area (Å²) >= 11 is 0. The Hall–Kier alpha value is -2.67. The number of hydrogen-bond acceptors (Lipinski definition) is 3. The number of nitriles is 1. The molecule has 0 radical (unpaired) electrons. The lowest BCUT2D eigenvalue weighted by Gasteiger charge is -2.09. The Bertz CT molecular complexity index is 674. The number of carbonyl (C=O) groups is 1. The van der Waals surface area contributed by atoms with Crippen molar-refractivity contribution in [2.24, 2.45) is 0 Å². The molecule has 2 aromatic rings. The zero-order valence-corrected chi connectivity index (χ0v) is 10.2. The van der Waals surface area contributed by atoms with E-state index < -0.39 is 5.82 Å². The van der Waals surface area contributed by atoms with E-state index in [0.717, 1.165) is 5.56 Å². The lowest BCUT2D eigenvalue weighted by molar-refractivity contribution is 0.112. The van der Waals surface area contributed by atoms with Gasteiger partial charge in [0.05, 0.1) is 5.56 Å². The molecule has 0 saturated heterocycles. The lowest BCUT2D eigenvalue weighted by Crippen LogP contribution is -1.93. The molecule has 94 valence electrons. The third kappa shape index (κ3) is 2.78. The normalized spacial score (nSPS) is 9.74. The molecule has 0 amide bonds. The zero-order chi connectivity index (χ0) is 13.8. The largest absolute Gasteiger partial charge is 0.453 e. The summed E-state index contributed by atoms with van der Waals surface area (Å²) in [5.74, 6) is -0.234. The van der Waals surface area contributed by atoms with Crippen molar-refractivity contribution in [1.29, 1.82) is 5.26 Å². The van der Waals surface area contributed by atoms with Crippen molar-refractivity contribution in [2.45, 2.75) is 6.92 Å². The summed E-state index contributed by atoms with van der Waals surface area (Å²) in [5.41, 5.74) is 1.40. The van der Waals surface area contributed by atoms with Crippen LogP contribution in [0.1, 0.15) is 21.5 Å². The molecule has 0 unspecified atom stereocenters. The molecule has 0 N–H and O–H groups in total. The standard InChI is InChI=1S/C15H10FNO2/c1-10-2-4-13(16)15(6-10)19-14-5-3-11(9-18)7-12(14)8-17/h2-7,9H,1H3. The Kier molecular flexibility index (Phi) is 3.58. The van der Waals surface area contributed by atoms with Crippen LogP contribution in [-0.4, -0.2) is 6.29 Å². The van der Waals surface area contributed by atoms with Crippen LogP contribution in [0.3, 0.4) is 0 Å². The van der Waals surface area contributed by atoms with E-state index in [0.29, 0.717) is 11.8 Å². The molecule has 0 aromatic heterocycles. The van der Waals surface area contributed by atoms with Crippen LogP contribution in [-0.2, 0) is 0 Å². The molecule has 0 atom stereocenters. The van der Waals surface area contributed by atoms with Crippen LogP contribution >= 0.6 is 0 Å². The van der Waals surface area contributed by atoms with Gasteiger partial charge in [0.1, 0.15) is 18.1 Å². The van der Waals surface area contributed by atoms with Gasteiger partial charge in [0.25, 0.3) is 0 Å². The zero-order valence-electron chi connectivity index (χ0n) is 10.2. The Balaban J connectivity index is 2.41. The van der Waals surface area contributed by atoms with Crippen molar-refractivity contribution >= 4 is 6.29 Å². The molecule has 4 heteroatoms. The smallest absolute Gasteiger partial charge is 0.165 e. The molecule has 0 saturated carbocycles. The highest BCUT2D eigenvalue weighted by Gasteiger charge is 2.09.